The van der Waals surface area contributed by atoms with Gasteiger partial charge in [-0.05, 0) is 61.6 Å². The standard InChI is InChI=1S/C26H30N2O2/c1-4-30-20-14-12-19(13-15-20)25-16-22(21-9-5-6-10-24(21)27-25)26(29)28-23-11-7-8-17(2)18(23)3/h5-6,9-10,12-18,23H,4,7-8,11H2,1-3H3,(H,28,29)/t17-,18-,23+/m0/s1. The highest BCUT2D eigenvalue weighted by Crippen LogP contribution is 2.31. The summed E-state index contributed by atoms with van der Waals surface area (Å²) in [6, 6.07) is 17.9. The SMILES string of the molecule is CCOc1ccc(-c2cc(C(=O)N[C@@H]3CCC[C@H](C)[C@@H]3C)c3ccccc3n2)cc1. The molecule has 1 N–H and O–H groups in total. The zero-order chi connectivity index (χ0) is 21.1. The summed E-state index contributed by atoms with van der Waals surface area (Å²) in [5.74, 6) is 1.95. The number of hydrogen-bond acceptors (Lipinski definition) is 3. The quantitative estimate of drug-likeness (QED) is 0.582. The molecule has 3 atom stereocenters. The van der Waals surface area contributed by atoms with Gasteiger partial charge in [0.15, 0.2) is 0 Å². The van der Waals surface area contributed by atoms with Crippen LogP contribution >= 0.6 is 0 Å². The molecule has 4 heteroatoms. The molecular weight excluding hydrogens is 372 g/mol. The normalized spacial score (nSPS) is 21.4. The van der Waals surface area contributed by atoms with E-state index in [-0.39, 0.29) is 11.9 Å². The third-order valence-electron chi connectivity index (χ3n) is 6.45. The van der Waals surface area contributed by atoms with Crippen LogP contribution in [0.25, 0.3) is 22.2 Å². The number of nitrogens with one attached hydrogen (secondary N) is 1. The fourth-order valence-corrected chi connectivity index (χ4v) is 4.43. The Labute approximate surface area is 178 Å². The number of benzene rings is 2. The van der Waals surface area contributed by atoms with Gasteiger partial charge in [0.2, 0.25) is 0 Å². The zero-order valence-electron chi connectivity index (χ0n) is 18.0. The van der Waals surface area contributed by atoms with Crippen molar-refractivity contribution < 1.29 is 9.53 Å². The van der Waals surface area contributed by atoms with E-state index in [0.717, 1.165) is 34.3 Å². The second-order valence-corrected chi connectivity index (χ2v) is 8.38. The van der Waals surface area contributed by atoms with Crippen LogP contribution in [0.4, 0.5) is 0 Å². The summed E-state index contributed by atoms with van der Waals surface area (Å²) >= 11 is 0. The highest BCUT2D eigenvalue weighted by atomic mass is 16.5. The third-order valence-corrected chi connectivity index (χ3v) is 6.45. The van der Waals surface area contributed by atoms with Gasteiger partial charge in [0.25, 0.3) is 5.91 Å². The van der Waals surface area contributed by atoms with Crippen LogP contribution in [0.2, 0.25) is 0 Å². The Morgan fingerprint density at radius 1 is 1.10 bits per heavy atom. The largest absolute Gasteiger partial charge is 0.494 e. The molecule has 0 bridgehead atoms. The number of fused-ring (bicyclic) bond motifs is 1. The maximum atomic E-state index is 13.3. The number of para-hydroxylation sites is 1. The predicted octanol–water partition coefficient (Wildman–Crippen LogP) is 5.86. The van der Waals surface area contributed by atoms with Gasteiger partial charge in [-0.25, -0.2) is 4.98 Å². The van der Waals surface area contributed by atoms with Crippen molar-refractivity contribution in [2.45, 2.75) is 46.1 Å². The lowest BCUT2D eigenvalue weighted by Crippen LogP contribution is -2.43. The Morgan fingerprint density at radius 2 is 1.87 bits per heavy atom. The Morgan fingerprint density at radius 3 is 2.63 bits per heavy atom. The minimum Gasteiger partial charge on any atom is -0.494 e. The van der Waals surface area contributed by atoms with Crippen LogP contribution < -0.4 is 10.1 Å². The molecule has 1 saturated carbocycles. The lowest BCUT2D eigenvalue weighted by molar-refractivity contribution is 0.0892. The molecule has 4 rings (SSSR count). The Balaban J connectivity index is 1.69. The molecule has 1 aliphatic rings. The molecule has 3 aromatic rings. The number of pyridine rings is 1. The van der Waals surface area contributed by atoms with E-state index in [2.05, 4.69) is 19.2 Å². The molecule has 1 aromatic heterocycles. The summed E-state index contributed by atoms with van der Waals surface area (Å²) in [4.78, 5) is 18.2. The summed E-state index contributed by atoms with van der Waals surface area (Å²) in [5.41, 5.74) is 3.29. The minimum absolute atomic E-state index is 0.00765. The predicted molar refractivity (Wildman–Crippen MR) is 122 cm³/mol. The van der Waals surface area contributed by atoms with Crippen LogP contribution in [0.1, 0.15) is 50.4 Å². The van der Waals surface area contributed by atoms with Crippen LogP contribution in [0.3, 0.4) is 0 Å². The van der Waals surface area contributed by atoms with E-state index in [1.54, 1.807) is 0 Å². The average Bonchev–Trinajstić information content (AvgIpc) is 2.77. The molecular formula is C26H30N2O2. The second kappa shape index (κ2) is 8.86. The molecule has 1 aliphatic carbocycles. The second-order valence-electron chi connectivity index (χ2n) is 8.38. The minimum atomic E-state index is -0.00765. The van der Waals surface area contributed by atoms with Gasteiger partial charge in [-0.1, -0.05) is 44.9 Å². The summed E-state index contributed by atoms with van der Waals surface area (Å²) in [6.07, 6.45) is 3.46. The summed E-state index contributed by atoms with van der Waals surface area (Å²) < 4.78 is 5.55. The van der Waals surface area contributed by atoms with Crippen LogP contribution in [0.15, 0.2) is 54.6 Å². The molecule has 1 amide bonds. The molecule has 0 saturated heterocycles. The van der Waals surface area contributed by atoms with E-state index in [1.807, 2.05) is 61.5 Å². The van der Waals surface area contributed by atoms with Crippen LogP contribution in [-0.2, 0) is 0 Å². The zero-order valence-corrected chi connectivity index (χ0v) is 18.0. The van der Waals surface area contributed by atoms with Crippen molar-refractivity contribution in [3.8, 4) is 17.0 Å². The monoisotopic (exact) mass is 402 g/mol. The van der Waals surface area contributed by atoms with Crippen LogP contribution in [-0.4, -0.2) is 23.5 Å². The lowest BCUT2D eigenvalue weighted by atomic mass is 9.78. The molecule has 0 radical (unpaired) electrons. The molecule has 0 unspecified atom stereocenters. The van der Waals surface area contributed by atoms with E-state index in [9.17, 15) is 4.79 Å². The van der Waals surface area contributed by atoms with Gasteiger partial charge in [0.05, 0.1) is 23.4 Å². The number of carbonyl (C=O) groups is 1. The van der Waals surface area contributed by atoms with Crippen molar-refractivity contribution in [3.63, 3.8) is 0 Å². The highest BCUT2D eigenvalue weighted by molar-refractivity contribution is 6.07. The summed E-state index contributed by atoms with van der Waals surface area (Å²) in [7, 11) is 0. The number of carbonyl (C=O) groups excluding carboxylic acids is 1. The Bertz CT molecular complexity index is 1030. The average molecular weight is 403 g/mol. The first-order valence-corrected chi connectivity index (χ1v) is 11.0. The van der Waals surface area contributed by atoms with E-state index in [1.165, 1.54) is 12.8 Å². The molecule has 0 spiro atoms. The van der Waals surface area contributed by atoms with Gasteiger partial charge in [-0.15, -0.1) is 0 Å². The number of amides is 1. The van der Waals surface area contributed by atoms with Crippen LogP contribution in [0.5, 0.6) is 5.75 Å². The number of ether oxygens (including phenoxy) is 1. The van der Waals surface area contributed by atoms with Gasteiger partial charge in [0, 0.05) is 17.0 Å². The van der Waals surface area contributed by atoms with E-state index < -0.39 is 0 Å². The number of rotatable bonds is 5. The Kier molecular flexibility index (Phi) is 6.03. The number of nitrogens with zero attached hydrogens (tertiary/aromatic N) is 1. The first kappa shape index (κ1) is 20.4. The third kappa shape index (κ3) is 4.18. The number of aromatic nitrogens is 1. The first-order chi connectivity index (χ1) is 14.6. The molecule has 0 aliphatic heterocycles. The van der Waals surface area contributed by atoms with Crippen molar-refractivity contribution in [1.29, 1.82) is 0 Å². The van der Waals surface area contributed by atoms with Gasteiger partial charge < -0.3 is 10.1 Å². The molecule has 1 heterocycles. The van der Waals surface area contributed by atoms with E-state index in [4.69, 9.17) is 9.72 Å². The Hall–Kier alpha value is -2.88. The topological polar surface area (TPSA) is 51.2 Å². The van der Waals surface area contributed by atoms with Crippen molar-refractivity contribution in [2.75, 3.05) is 6.61 Å². The van der Waals surface area contributed by atoms with Crippen LogP contribution in [0, 0.1) is 11.8 Å². The van der Waals surface area contributed by atoms with E-state index in [0.29, 0.717) is 24.0 Å². The highest BCUT2D eigenvalue weighted by Gasteiger charge is 2.29. The van der Waals surface area contributed by atoms with Gasteiger partial charge in [-0.2, -0.15) is 0 Å². The van der Waals surface area contributed by atoms with Crippen molar-refractivity contribution >= 4 is 16.8 Å². The van der Waals surface area contributed by atoms with Gasteiger partial charge in [0.1, 0.15) is 5.75 Å². The molecule has 30 heavy (non-hydrogen) atoms. The van der Waals surface area contributed by atoms with E-state index >= 15 is 0 Å². The van der Waals surface area contributed by atoms with Gasteiger partial charge in [-0.3, -0.25) is 4.79 Å². The smallest absolute Gasteiger partial charge is 0.252 e. The van der Waals surface area contributed by atoms with Crippen molar-refractivity contribution in [2.24, 2.45) is 11.8 Å². The first-order valence-electron chi connectivity index (χ1n) is 11.0. The van der Waals surface area contributed by atoms with Gasteiger partial charge >= 0.3 is 0 Å². The fraction of sp³-hybridized carbons (Fsp3) is 0.385. The molecule has 2 aromatic carbocycles. The maximum absolute atomic E-state index is 13.3. The fourth-order valence-electron chi connectivity index (χ4n) is 4.43. The summed E-state index contributed by atoms with van der Waals surface area (Å²) in [6.45, 7) is 7.15. The number of hydrogen-bond donors (Lipinski definition) is 1. The van der Waals surface area contributed by atoms with Crippen molar-refractivity contribution in [1.82, 2.24) is 10.3 Å². The van der Waals surface area contributed by atoms with Crippen molar-refractivity contribution in [3.05, 3.63) is 60.2 Å². The summed E-state index contributed by atoms with van der Waals surface area (Å²) in [5, 5.41) is 4.22. The molecule has 156 valence electrons. The maximum Gasteiger partial charge on any atom is 0.252 e. The lowest BCUT2D eigenvalue weighted by Gasteiger charge is -2.34. The molecule has 4 nitrogen and oxygen atoms in total. The molecule has 1 fully saturated rings.